The molecule has 0 fully saturated rings. The Morgan fingerprint density at radius 2 is 1.89 bits per heavy atom. The van der Waals surface area contributed by atoms with Crippen LogP contribution in [0.5, 0.6) is 11.5 Å². The zero-order valence-corrected chi connectivity index (χ0v) is 16.1. The summed E-state index contributed by atoms with van der Waals surface area (Å²) in [7, 11) is 0. The lowest BCUT2D eigenvalue weighted by Crippen LogP contribution is -2.19. The van der Waals surface area contributed by atoms with E-state index in [0.29, 0.717) is 23.2 Å². The van der Waals surface area contributed by atoms with E-state index in [4.69, 9.17) is 33.3 Å². The fourth-order valence-corrected chi connectivity index (χ4v) is 3.10. The summed E-state index contributed by atoms with van der Waals surface area (Å²) < 4.78 is 12.6. The molecule has 0 amide bonds. The number of rotatable bonds is 4. The summed E-state index contributed by atoms with van der Waals surface area (Å²) in [5, 5.41) is 12.0. The number of nitrogens with zero attached hydrogens (tertiary/aromatic N) is 2. The summed E-state index contributed by atoms with van der Waals surface area (Å²) in [5.74, 6) is 2.11. The van der Waals surface area contributed by atoms with Crippen molar-refractivity contribution in [1.82, 2.24) is 9.78 Å². The van der Waals surface area contributed by atoms with Crippen molar-refractivity contribution in [3.8, 4) is 11.5 Å². The monoisotopic (exact) mass is 400 g/mol. The maximum Gasteiger partial charge on any atom is 0.231 e. The van der Waals surface area contributed by atoms with Gasteiger partial charge in [-0.3, -0.25) is 4.68 Å². The van der Waals surface area contributed by atoms with E-state index >= 15 is 0 Å². The van der Waals surface area contributed by atoms with Gasteiger partial charge in [0.1, 0.15) is 0 Å². The van der Waals surface area contributed by atoms with Gasteiger partial charge in [-0.15, -0.1) is 0 Å². The van der Waals surface area contributed by atoms with Crippen LogP contribution in [0, 0.1) is 6.92 Å². The van der Waals surface area contributed by atoms with Crippen LogP contribution in [0.15, 0.2) is 48.5 Å². The Morgan fingerprint density at radius 1 is 1.11 bits per heavy atom. The zero-order valence-electron chi connectivity index (χ0n) is 14.5. The molecule has 2 N–H and O–H groups in total. The van der Waals surface area contributed by atoms with E-state index < -0.39 is 0 Å². The molecule has 0 bridgehead atoms. The number of aryl methyl sites for hydroxylation is 1. The molecule has 2 aromatic carbocycles. The van der Waals surface area contributed by atoms with Gasteiger partial charge in [0, 0.05) is 28.5 Å². The van der Waals surface area contributed by atoms with Crippen molar-refractivity contribution in [2.45, 2.75) is 13.5 Å². The zero-order chi connectivity index (χ0) is 18.8. The van der Waals surface area contributed by atoms with Gasteiger partial charge in [-0.25, -0.2) is 0 Å². The minimum Gasteiger partial charge on any atom is -0.454 e. The standard InChI is InChI=1S/C19H17ClN4O2S/c1-12-8-18(23-24(12)10-13-2-4-14(20)5-3-13)22-19(27)21-15-6-7-16-17(9-15)26-11-25-16/h2-9H,10-11H2,1H3,(H2,21,22,23,27). The molecule has 0 saturated heterocycles. The van der Waals surface area contributed by atoms with Gasteiger partial charge < -0.3 is 20.1 Å². The number of thiocarbonyl (C=S) groups is 1. The molecule has 1 aromatic heterocycles. The number of nitrogens with one attached hydrogen (secondary N) is 2. The highest BCUT2D eigenvalue weighted by atomic mass is 35.5. The Morgan fingerprint density at radius 3 is 2.70 bits per heavy atom. The fourth-order valence-electron chi connectivity index (χ4n) is 2.75. The van der Waals surface area contributed by atoms with Crippen molar-refractivity contribution >= 4 is 40.4 Å². The minimum atomic E-state index is 0.242. The first-order chi connectivity index (χ1) is 13.1. The molecular weight excluding hydrogens is 384 g/mol. The number of halogens is 1. The van der Waals surface area contributed by atoms with Gasteiger partial charge in [0.05, 0.1) is 6.54 Å². The average Bonchev–Trinajstić information content (AvgIpc) is 3.23. The van der Waals surface area contributed by atoms with Crippen LogP contribution in [0.2, 0.25) is 5.02 Å². The Labute approximate surface area is 167 Å². The normalized spacial score (nSPS) is 12.1. The number of benzene rings is 2. The van der Waals surface area contributed by atoms with Crippen LogP contribution in [-0.4, -0.2) is 21.7 Å². The highest BCUT2D eigenvalue weighted by Gasteiger charge is 2.14. The fraction of sp³-hybridized carbons (Fsp3) is 0.158. The summed E-state index contributed by atoms with van der Waals surface area (Å²) in [5.41, 5.74) is 2.96. The van der Waals surface area contributed by atoms with Crippen LogP contribution >= 0.6 is 23.8 Å². The van der Waals surface area contributed by atoms with Gasteiger partial charge in [-0.1, -0.05) is 23.7 Å². The number of aromatic nitrogens is 2. The molecule has 2 heterocycles. The lowest BCUT2D eigenvalue weighted by molar-refractivity contribution is 0.174. The number of hydrogen-bond acceptors (Lipinski definition) is 4. The quantitative estimate of drug-likeness (QED) is 0.632. The van der Waals surface area contributed by atoms with Gasteiger partial charge in [0.2, 0.25) is 6.79 Å². The summed E-state index contributed by atoms with van der Waals surface area (Å²) in [6, 6.07) is 15.2. The summed E-state index contributed by atoms with van der Waals surface area (Å²) >= 11 is 11.3. The highest BCUT2D eigenvalue weighted by molar-refractivity contribution is 7.80. The number of ether oxygens (including phenoxy) is 2. The first kappa shape index (κ1) is 17.6. The van der Waals surface area contributed by atoms with E-state index in [1.54, 1.807) is 0 Å². The summed E-state index contributed by atoms with van der Waals surface area (Å²) in [6.07, 6.45) is 0. The molecule has 0 unspecified atom stereocenters. The smallest absolute Gasteiger partial charge is 0.231 e. The average molecular weight is 401 g/mol. The second-order valence-electron chi connectivity index (χ2n) is 6.10. The molecule has 1 aliphatic rings. The molecule has 0 radical (unpaired) electrons. The van der Waals surface area contributed by atoms with Gasteiger partial charge in [-0.2, -0.15) is 5.10 Å². The second-order valence-corrected chi connectivity index (χ2v) is 6.95. The van der Waals surface area contributed by atoms with Crippen molar-refractivity contribution < 1.29 is 9.47 Å². The first-order valence-electron chi connectivity index (χ1n) is 8.33. The lowest BCUT2D eigenvalue weighted by atomic mass is 10.2. The van der Waals surface area contributed by atoms with Crippen molar-refractivity contribution in [2.75, 3.05) is 17.4 Å². The largest absolute Gasteiger partial charge is 0.454 e. The van der Waals surface area contributed by atoms with Crippen LogP contribution in [0.1, 0.15) is 11.3 Å². The molecule has 1 aliphatic heterocycles. The van der Waals surface area contributed by atoms with Crippen LogP contribution < -0.4 is 20.1 Å². The summed E-state index contributed by atoms with van der Waals surface area (Å²) in [6.45, 7) is 2.90. The predicted octanol–water partition coefficient (Wildman–Crippen LogP) is 4.43. The van der Waals surface area contributed by atoms with E-state index in [9.17, 15) is 0 Å². The maximum atomic E-state index is 5.94. The third-order valence-corrected chi connectivity index (χ3v) is 4.55. The molecule has 0 spiro atoms. The Hall–Kier alpha value is -2.77. The minimum absolute atomic E-state index is 0.242. The topological polar surface area (TPSA) is 60.3 Å². The molecule has 4 rings (SSSR count). The van der Waals surface area contributed by atoms with Crippen molar-refractivity contribution in [3.63, 3.8) is 0 Å². The van der Waals surface area contributed by atoms with E-state index in [-0.39, 0.29) is 6.79 Å². The van der Waals surface area contributed by atoms with Crippen LogP contribution in [-0.2, 0) is 6.54 Å². The van der Waals surface area contributed by atoms with Gasteiger partial charge >= 0.3 is 0 Å². The Bertz CT molecular complexity index is 988. The van der Waals surface area contributed by atoms with Gasteiger partial charge in [0.15, 0.2) is 22.4 Å². The molecule has 138 valence electrons. The maximum absolute atomic E-state index is 5.94. The third-order valence-electron chi connectivity index (χ3n) is 4.10. The highest BCUT2D eigenvalue weighted by Crippen LogP contribution is 2.34. The number of fused-ring (bicyclic) bond motifs is 1. The second kappa shape index (κ2) is 7.46. The van der Waals surface area contributed by atoms with Gasteiger partial charge in [-0.05, 0) is 49.0 Å². The first-order valence-corrected chi connectivity index (χ1v) is 9.12. The molecule has 3 aromatic rings. The van der Waals surface area contributed by atoms with E-state index in [1.165, 1.54) is 0 Å². The molecule has 27 heavy (non-hydrogen) atoms. The third kappa shape index (κ3) is 4.15. The molecule has 6 nitrogen and oxygen atoms in total. The Kier molecular flexibility index (Phi) is 4.87. The predicted molar refractivity (Wildman–Crippen MR) is 110 cm³/mol. The number of anilines is 2. The van der Waals surface area contributed by atoms with E-state index in [2.05, 4.69) is 15.7 Å². The van der Waals surface area contributed by atoms with Crippen LogP contribution in [0.3, 0.4) is 0 Å². The van der Waals surface area contributed by atoms with Crippen LogP contribution in [0.25, 0.3) is 0 Å². The SMILES string of the molecule is Cc1cc(NC(=S)Nc2ccc3c(c2)OCO3)nn1Cc1ccc(Cl)cc1. The molecular formula is C19H17ClN4O2S. The van der Waals surface area contributed by atoms with Crippen molar-refractivity contribution in [3.05, 3.63) is 64.8 Å². The molecule has 0 saturated carbocycles. The molecule has 0 aliphatic carbocycles. The summed E-state index contributed by atoms with van der Waals surface area (Å²) in [4.78, 5) is 0. The van der Waals surface area contributed by atoms with Crippen molar-refractivity contribution in [2.24, 2.45) is 0 Å². The van der Waals surface area contributed by atoms with E-state index in [0.717, 1.165) is 27.7 Å². The Balaban J connectivity index is 1.40. The lowest BCUT2D eigenvalue weighted by Gasteiger charge is -2.09. The number of hydrogen-bond donors (Lipinski definition) is 2. The van der Waals surface area contributed by atoms with Crippen molar-refractivity contribution in [1.29, 1.82) is 0 Å². The molecule has 0 atom stereocenters. The van der Waals surface area contributed by atoms with Gasteiger partial charge in [0.25, 0.3) is 0 Å². The van der Waals surface area contributed by atoms with E-state index in [1.807, 2.05) is 60.1 Å². The van der Waals surface area contributed by atoms with Crippen LogP contribution in [0.4, 0.5) is 11.5 Å². The molecule has 8 heteroatoms.